The fraction of sp³-hybridized carbons (Fsp3) is 0.214. The molecule has 1 amide bonds. The third-order valence-electron chi connectivity index (χ3n) is 3.14. The summed E-state index contributed by atoms with van der Waals surface area (Å²) < 4.78 is 0.643. The summed E-state index contributed by atoms with van der Waals surface area (Å²) in [4.78, 5) is 15.1. The molecule has 98 valence electrons. The molecule has 0 radical (unpaired) electrons. The molecule has 1 aliphatic rings. The second kappa shape index (κ2) is 5.33. The number of halogens is 1. The van der Waals surface area contributed by atoms with Crippen molar-refractivity contribution in [1.29, 1.82) is 0 Å². The Morgan fingerprint density at radius 3 is 2.89 bits per heavy atom. The number of anilines is 1. The van der Waals surface area contributed by atoms with Crippen molar-refractivity contribution >= 4 is 34.5 Å². The fourth-order valence-electron chi connectivity index (χ4n) is 2.23. The van der Waals surface area contributed by atoms with Gasteiger partial charge in [-0.15, -0.1) is 11.3 Å². The molecule has 3 nitrogen and oxygen atoms in total. The van der Waals surface area contributed by atoms with Crippen LogP contribution in [0, 0.1) is 0 Å². The van der Waals surface area contributed by atoms with E-state index in [1.807, 2.05) is 23.1 Å². The first-order chi connectivity index (χ1) is 9.25. The Morgan fingerprint density at radius 2 is 2.11 bits per heavy atom. The average Bonchev–Trinajstić information content (AvgIpc) is 2.74. The lowest BCUT2D eigenvalue weighted by Gasteiger charge is -2.21. The molecule has 0 saturated heterocycles. The molecule has 1 aromatic heterocycles. The highest BCUT2D eigenvalue weighted by Crippen LogP contribution is 2.27. The molecule has 0 fully saturated rings. The van der Waals surface area contributed by atoms with Crippen LogP contribution >= 0.6 is 22.9 Å². The Hall–Kier alpha value is -1.36. The number of carbonyl (C=O) groups excluding carboxylic acids is 1. The molecule has 1 aliphatic heterocycles. The van der Waals surface area contributed by atoms with Crippen LogP contribution < -0.4 is 10.2 Å². The number of fused-ring (bicyclic) bond motifs is 1. The van der Waals surface area contributed by atoms with Gasteiger partial charge < -0.3 is 10.2 Å². The quantitative estimate of drug-likeness (QED) is 0.876. The SMILES string of the molecule is O=C(c1ccc(Cl)s1)N1CCNCc2ccccc21. The Balaban J connectivity index is 1.98. The molecule has 0 bridgehead atoms. The first-order valence-electron chi connectivity index (χ1n) is 6.11. The van der Waals surface area contributed by atoms with Crippen LogP contribution in [0.3, 0.4) is 0 Å². The van der Waals surface area contributed by atoms with E-state index in [0.29, 0.717) is 15.8 Å². The number of amides is 1. The second-order valence-corrected chi connectivity index (χ2v) is 6.08. The van der Waals surface area contributed by atoms with Gasteiger partial charge in [-0.25, -0.2) is 0 Å². The Kier molecular flexibility index (Phi) is 3.55. The maximum atomic E-state index is 12.6. The minimum atomic E-state index is 0.0213. The summed E-state index contributed by atoms with van der Waals surface area (Å²) in [6, 6.07) is 11.6. The second-order valence-electron chi connectivity index (χ2n) is 4.37. The van der Waals surface area contributed by atoms with Gasteiger partial charge >= 0.3 is 0 Å². The van der Waals surface area contributed by atoms with E-state index in [2.05, 4.69) is 11.4 Å². The number of para-hydroxylation sites is 1. The normalized spacial score (nSPS) is 14.9. The van der Waals surface area contributed by atoms with Crippen LogP contribution in [0.5, 0.6) is 0 Å². The van der Waals surface area contributed by atoms with Crippen LogP contribution in [0.25, 0.3) is 0 Å². The van der Waals surface area contributed by atoms with Crippen LogP contribution in [0.15, 0.2) is 36.4 Å². The van der Waals surface area contributed by atoms with Crippen LogP contribution in [-0.2, 0) is 6.54 Å². The van der Waals surface area contributed by atoms with Crippen molar-refractivity contribution in [2.45, 2.75) is 6.54 Å². The molecule has 0 saturated carbocycles. The van der Waals surface area contributed by atoms with Gasteiger partial charge in [0.2, 0.25) is 0 Å². The van der Waals surface area contributed by atoms with Crippen LogP contribution in [-0.4, -0.2) is 19.0 Å². The molecule has 0 unspecified atom stereocenters. The average molecular weight is 293 g/mol. The Labute approximate surface area is 120 Å². The van der Waals surface area contributed by atoms with Crippen molar-refractivity contribution in [3.05, 3.63) is 51.2 Å². The molecular formula is C14H13ClN2OS. The van der Waals surface area contributed by atoms with E-state index < -0.39 is 0 Å². The highest BCUT2D eigenvalue weighted by molar-refractivity contribution is 7.18. The zero-order valence-corrected chi connectivity index (χ0v) is 11.8. The summed E-state index contributed by atoms with van der Waals surface area (Å²) >= 11 is 7.24. The van der Waals surface area contributed by atoms with Gasteiger partial charge in [0.1, 0.15) is 0 Å². The predicted octanol–water partition coefficient (Wildman–Crippen LogP) is 3.15. The number of hydrogen-bond acceptors (Lipinski definition) is 3. The first-order valence-corrected chi connectivity index (χ1v) is 7.31. The maximum Gasteiger partial charge on any atom is 0.268 e. The number of nitrogens with one attached hydrogen (secondary N) is 1. The van der Waals surface area contributed by atoms with Gasteiger partial charge in [-0.1, -0.05) is 29.8 Å². The lowest BCUT2D eigenvalue weighted by Crippen LogP contribution is -2.34. The summed E-state index contributed by atoms with van der Waals surface area (Å²) in [5.41, 5.74) is 2.14. The molecule has 2 heterocycles. The molecule has 1 N–H and O–H groups in total. The molecule has 3 rings (SSSR count). The zero-order chi connectivity index (χ0) is 13.2. The highest BCUT2D eigenvalue weighted by Gasteiger charge is 2.22. The minimum Gasteiger partial charge on any atom is -0.311 e. The number of rotatable bonds is 1. The number of benzene rings is 1. The Bertz CT molecular complexity index is 611. The lowest BCUT2D eigenvalue weighted by molar-refractivity contribution is 0.0991. The molecule has 0 spiro atoms. The number of thiophene rings is 1. The first kappa shape index (κ1) is 12.7. The third kappa shape index (κ3) is 2.52. The monoisotopic (exact) mass is 292 g/mol. The van der Waals surface area contributed by atoms with E-state index in [1.165, 1.54) is 11.3 Å². The predicted molar refractivity (Wildman–Crippen MR) is 79.2 cm³/mol. The van der Waals surface area contributed by atoms with E-state index >= 15 is 0 Å². The van der Waals surface area contributed by atoms with Gasteiger partial charge in [0, 0.05) is 25.3 Å². The molecule has 0 atom stereocenters. The van der Waals surface area contributed by atoms with Crippen molar-refractivity contribution in [3.63, 3.8) is 0 Å². The van der Waals surface area contributed by atoms with Gasteiger partial charge in [0.05, 0.1) is 9.21 Å². The molecule has 0 aliphatic carbocycles. The molecule has 5 heteroatoms. The van der Waals surface area contributed by atoms with Gasteiger partial charge in [-0.2, -0.15) is 0 Å². The number of hydrogen-bond donors (Lipinski definition) is 1. The zero-order valence-electron chi connectivity index (χ0n) is 10.2. The lowest BCUT2D eigenvalue weighted by atomic mass is 10.1. The van der Waals surface area contributed by atoms with Crippen LogP contribution in [0.1, 0.15) is 15.2 Å². The van der Waals surface area contributed by atoms with Gasteiger partial charge in [0.15, 0.2) is 0 Å². The molecule has 2 aromatic rings. The van der Waals surface area contributed by atoms with Crippen molar-refractivity contribution < 1.29 is 4.79 Å². The number of carbonyl (C=O) groups is 1. The van der Waals surface area contributed by atoms with Gasteiger partial charge in [0.25, 0.3) is 5.91 Å². The van der Waals surface area contributed by atoms with Gasteiger partial charge in [-0.05, 0) is 23.8 Å². The molecule has 1 aromatic carbocycles. The van der Waals surface area contributed by atoms with E-state index in [9.17, 15) is 4.79 Å². The van der Waals surface area contributed by atoms with Crippen LogP contribution in [0.4, 0.5) is 5.69 Å². The van der Waals surface area contributed by atoms with Gasteiger partial charge in [-0.3, -0.25) is 4.79 Å². The smallest absolute Gasteiger partial charge is 0.268 e. The summed E-state index contributed by atoms with van der Waals surface area (Å²) in [6.45, 7) is 2.26. The van der Waals surface area contributed by atoms with E-state index in [-0.39, 0.29) is 5.91 Å². The van der Waals surface area contributed by atoms with E-state index in [4.69, 9.17) is 11.6 Å². The molecular weight excluding hydrogens is 280 g/mol. The van der Waals surface area contributed by atoms with Crippen molar-refractivity contribution in [3.8, 4) is 0 Å². The topological polar surface area (TPSA) is 32.3 Å². The van der Waals surface area contributed by atoms with E-state index in [1.54, 1.807) is 12.1 Å². The largest absolute Gasteiger partial charge is 0.311 e. The van der Waals surface area contributed by atoms with Crippen molar-refractivity contribution in [2.75, 3.05) is 18.0 Å². The van der Waals surface area contributed by atoms with Crippen molar-refractivity contribution in [1.82, 2.24) is 5.32 Å². The van der Waals surface area contributed by atoms with Crippen molar-refractivity contribution in [2.24, 2.45) is 0 Å². The summed E-state index contributed by atoms with van der Waals surface area (Å²) in [5.74, 6) is 0.0213. The highest BCUT2D eigenvalue weighted by atomic mass is 35.5. The summed E-state index contributed by atoms with van der Waals surface area (Å²) in [5, 5.41) is 3.33. The summed E-state index contributed by atoms with van der Waals surface area (Å²) in [7, 11) is 0. The number of nitrogens with zero attached hydrogens (tertiary/aromatic N) is 1. The fourth-order valence-corrected chi connectivity index (χ4v) is 3.22. The maximum absolute atomic E-state index is 12.6. The standard InChI is InChI=1S/C14H13ClN2OS/c15-13-6-5-12(19-13)14(18)17-8-7-16-9-10-3-1-2-4-11(10)17/h1-6,16H,7-9H2. The summed E-state index contributed by atoms with van der Waals surface area (Å²) in [6.07, 6.45) is 0. The molecule has 19 heavy (non-hydrogen) atoms. The minimum absolute atomic E-state index is 0.0213. The van der Waals surface area contributed by atoms with Crippen LogP contribution in [0.2, 0.25) is 4.34 Å². The Morgan fingerprint density at radius 1 is 1.26 bits per heavy atom. The van der Waals surface area contributed by atoms with E-state index in [0.717, 1.165) is 24.3 Å². The third-order valence-corrected chi connectivity index (χ3v) is 4.36.